The van der Waals surface area contributed by atoms with Crippen molar-refractivity contribution in [1.29, 1.82) is 0 Å². The van der Waals surface area contributed by atoms with Gasteiger partial charge in [-0.25, -0.2) is 0 Å². The molecule has 1 aliphatic heterocycles. The Labute approximate surface area is 130 Å². The summed E-state index contributed by atoms with van der Waals surface area (Å²) in [6.45, 7) is 3.77. The third kappa shape index (κ3) is 5.41. The van der Waals surface area contributed by atoms with Crippen molar-refractivity contribution in [2.75, 3.05) is 46.6 Å². The zero-order valence-electron chi connectivity index (χ0n) is 12.0. The molecule has 0 aliphatic carbocycles. The van der Waals surface area contributed by atoms with Crippen molar-refractivity contribution in [3.05, 3.63) is 23.8 Å². The molecule has 1 heterocycles. The largest absolute Gasteiger partial charge is 0.486 e. The molecule has 0 bridgehead atoms. The number of amides is 1. The summed E-state index contributed by atoms with van der Waals surface area (Å²) >= 11 is 0. The lowest BCUT2D eigenvalue weighted by atomic mass is 10.2. The van der Waals surface area contributed by atoms with E-state index in [2.05, 4.69) is 10.6 Å². The van der Waals surface area contributed by atoms with E-state index < -0.39 is 0 Å². The monoisotopic (exact) mass is 316 g/mol. The molecular formula is C14H21ClN2O4. The zero-order valence-corrected chi connectivity index (χ0v) is 12.8. The van der Waals surface area contributed by atoms with Crippen LogP contribution in [0.1, 0.15) is 10.4 Å². The van der Waals surface area contributed by atoms with Gasteiger partial charge in [0, 0.05) is 32.3 Å². The number of hydrogen-bond donors (Lipinski definition) is 2. The first kappa shape index (κ1) is 17.6. The van der Waals surface area contributed by atoms with Gasteiger partial charge in [0.1, 0.15) is 13.2 Å². The fourth-order valence-corrected chi connectivity index (χ4v) is 1.85. The molecule has 0 saturated carbocycles. The van der Waals surface area contributed by atoms with Gasteiger partial charge in [0.25, 0.3) is 5.91 Å². The molecule has 0 spiro atoms. The summed E-state index contributed by atoms with van der Waals surface area (Å²) in [6, 6.07) is 5.21. The van der Waals surface area contributed by atoms with Gasteiger partial charge in [-0.3, -0.25) is 4.79 Å². The number of rotatable bonds is 7. The van der Waals surface area contributed by atoms with Gasteiger partial charge in [-0.1, -0.05) is 0 Å². The second-order valence-corrected chi connectivity index (χ2v) is 4.36. The molecule has 1 aliphatic rings. The lowest BCUT2D eigenvalue weighted by Gasteiger charge is -2.18. The maximum atomic E-state index is 12.0. The van der Waals surface area contributed by atoms with Crippen molar-refractivity contribution in [2.24, 2.45) is 0 Å². The number of methoxy groups -OCH3 is 1. The normalized spacial score (nSPS) is 12.4. The molecule has 2 N–H and O–H groups in total. The Morgan fingerprint density at radius 2 is 1.95 bits per heavy atom. The highest BCUT2D eigenvalue weighted by Gasteiger charge is 2.14. The van der Waals surface area contributed by atoms with E-state index in [0.717, 1.165) is 6.54 Å². The quantitative estimate of drug-likeness (QED) is 0.730. The number of fused-ring (bicyclic) bond motifs is 1. The van der Waals surface area contributed by atoms with Gasteiger partial charge in [0.15, 0.2) is 11.5 Å². The molecule has 1 aromatic carbocycles. The SMILES string of the molecule is COCCNCCNC(=O)c1ccc2c(c1)OCCO2.Cl. The lowest BCUT2D eigenvalue weighted by Crippen LogP contribution is -2.33. The third-order valence-electron chi connectivity index (χ3n) is 2.87. The number of carbonyl (C=O) groups is 1. The first-order valence-electron chi connectivity index (χ1n) is 6.69. The van der Waals surface area contributed by atoms with E-state index in [1.54, 1.807) is 25.3 Å². The molecule has 6 nitrogen and oxygen atoms in total. The van der Waals surface area contributed by atoms with E-state index in [0.29, 0.717) is 50.0 Å². The Kier molecular flexibility index (Phi) is 7.89. The average Bonchev–Trinajstić information content (AvgIpc) is 2.50. The van der Waals surface area contributed by atoms with E-state index in [9.17, 15) is 4.79 Å². The Bertz CT molecular complexity index is 457. The van der Waals surface area contributed by atoms with Crippen LogP contribution in [0.15, 0.2) is 18.2 Å². The summed E-state index contributed by atoms with van der Waals surface area (Å²) in [7, 11) is 1.66. The minimum Gasteiger partial charge on any atom is -0.486 e. The molecule has 118 valence electrons. The summed E-state index contributed by atoms with van der Waals surface area (Å²) in [6.07, 6.45) is 0. The Morgan fingerprint density at radius 3 is 2.71 bits per heavy atom. The molecule has 21 heavy (non-hydrogen) atoms. The summed E-state index contributed by atoms with van der Waals surface area (Å²) < 4.78 is 15.8. The highest BCUT2D eigenvalue weighted by molar-refractivity contribution is 5.94. The average molecular weight is 317 g/mol. The van der Waals surface area contributed by atoms with Crippen molar-refractivity contribution < 1.29 is 19.0 Å². The zero-order chi connectivity index (χ0) is 14.2. The van der Waals surface area contributed by atoms with E-state index in [-0.39, 0.29) is 18.3 Å². The van der Waals surface area contributed by atoms with Gasteiger partial charge in [-0.05, 0) is 18.2 Å². The van der Waals surface area contributed by atoms with Gasteiger partial charge in [-0.2, -0.15) is 0 Å². The van der Waals surface area contributed by atoms with Crippen LogP contribution in [0.2, 0.25) is 0 Å². The molecule has 0 radical (unpaired) electrons. The fraction of sp³-hybridized carbons (Fsp3) is 0.500. The first-order valence-corrected chi connectivity index (χ1v) is 6.69. The van der Waals surface area contributed by atoms with E-state index in [1.165, 1.54) is 0 Å². The molecule has 0 unspecified atom stereocenters. The van der Waals surface area contributed by atoms with Crippen LogP contribution in [-0.2, 0) is 4.74 Å². The number of halogens is 1. The second-order valence-electron chi connectivity index (χ2n) is 4.36. The number of hydrogen-bond acceptors (Lipinski definition) is 5. The number of ether oxygens (including phenoxy) is 3. The molecule has 0 fully saturated rings. The molecule has 0 saturated heterocycles. The van der Waals surface area contributed by atoms with Crippen molar-refractivity contribution >= 4 is 18.3 Å². The summed E-state index contributed by atoms with van der Waals surface area (Å²) in [5.41, 5.74) is 0.575. The predicted molar refractivity (Wildman–Crippen MR) is 81.8 cm³/mol. The molecule has 1 amide bonds. The number of benzene rings is 1. The highest BCUT2D eigenvalue weighted by Crippen LogP contribution is 2.30. The van der Waals surface area contributed by atoms with Crippen LogP contribution in [0.3, 0.4) is 0 Å². The molecule has 1 aromatic rings. The van der Waals surface area contributed by atoms with Crippen molar-refractivity contribution in [2.45, 2.75) is 0 Å². The van der Waals surface area contributed by atoms with Gasteiger partial charge < -0.3 is 24.8 Å². The Balaban J connectivity index is 0.00000220. The predicted octanol–water partition coefficient (Wildman–Crippen LogP) is 0.845. The summed E-state index contributed by atoms with van der Waals surface area (Å²) in [5.74, 6) is 1.20. The van der Waals surface area contributed by atoms with Crippen LogP contribution in [-0.4, -0.2) is 52.5 Å². The topological polar surface area (TPSA) is 68.8 Å². The molecular weight excluding hydrogens is 296 g/mol. The summed E-state index contributed by atoms with van der Waals surface area (Å²) in [4.78, 5) is 12.0. The Morgan fingerprint density at radius 1 is 1.19 bits per heavy atom. The van der Waals surface area contributed by atoms with Crippen molar-refractivity contribution in [3.8, 4) is 11.5 Å². The molecule has 7 heteroatoms. The van der Waals surface area contributed by atoms with E-state index in [1.807, 2.05) is 0 Å². The minimum atomic E-state index is -0.115. The lowest BCUT2D eigenvalue weighted by molar-refractivity contribution is 0.0952. The van der Waals surface area contributed by atoms with Crippen molar-refractivity contribution in [1.82, 2.24) is 10.6 Å². The number of nitrogens with one attached hydrogen (secondary N) is 2. The maximum Gasteiger partial charge on any atom is 0.251 e. The van der Waals surface area contributed by atoms with Crippen molar-refractivity contribution in [3.63, 3.8) is 0 Å². The number of carbonyl (C=O) groups excluding carboxylic acids is 1. The van der Waals surface area contributed by atoms with Crippen LogP contribution >= 0.6 is 12.4 Å². The van der Waals surface area contributed by atoms with Crippen LogP contribution in [0.25, 0.3) is 0 Å². The van der Waals surface area contributed by atoms with Gasteiger partial charge in [0.2, 0.25) is 0 Å². The van der Waals surface area contributed by atoms with Crippen LogP contribution < -0.4 is 20.1 Å². The highest BCUT2D eigenvalue weighted by atomic mass is 35.5. The van der Waals surface area contributed by atoms with Crippen LogP contribution in [0.4, 0.5) is 0 Å². The van der Waals surface area contributed by atoms with Gasteiger partial charge >= 0.3 is 0 Å². The third-order valence-corrected chi connectivity index (χ3v) is 2.87. The smallest absolute Gasteiger partial charge is 0.251 e. The maximum absolute atomic E-state index is 12.0. The summed E-state index contributed by atoms with van der Waals surface area (Å²) in [5, 5.41) is 6.00. The van der Waals surface area contributed by atoms with Gasteiger partial charge in [0.05, 0.1) is 6.61 Å². The minimum absolute atomic E-state index is 0. The van der Waals surface area contributed by atoms with Crippen LogP contribution in [0, 0.1) is 0 Å². The van der Waals surface area contributed by atoms with E-state index in [4.69, 9.17) is 14.2 Å². The molecule has 0 atom stereocenters. The van der Waals surface area contributed by atoms with Gasteiger partial charge in [-0.15, -0.1) is 12.4 Å². The molecule has 0 aromatic heterocycles. The van der Waals surface area contributed by atoms with Crippen LogP contribution in [0.5, 0.6) is 11.5 Å². The fourth-order valence-electron chi connectivity index (χ4n) is 1.85. The second kappa shape index (κ2) is 9.44. The van der Waals surface area contributed by atoms with E-state index >= 15 is 0 Å². The first-order chi connectivity index (χ1) is 9.81. The standard InChI is InChI=1S/C14H20N2O4.ClH/c1-18-7-6-15-4-5-16-14(17)11-2-3-12-13(10-11)20-9-8-19-12;/h2-3,10,15H,4-9H2,1H3,(H,16,17);1H. The Hall–Kier alpha value is -1.50. The molecule has 2 rings (SSSR count).